The van der Waals surface area contributed by atoms with Crippen LogP contribution < -0.4 is 5.32 Å². The molecule has 1 N–H and O–H groups in total. The summed E-state index contributed by atoms with van der Waals surface area (Å²) in [6.45, 7) is 0. The lowest BCUT2D eigenvalue weighted by atomic mass is 10.1. The van der Waals surface area contributed by atoms with E-state index in [0.29, 0.717) is 12.3 Å². The molecule has 1 amide bonds. The molecule has 0 bridgehead atoms. The first-order valence-electron chi connectivity index (χ1n) is 6.53. The van der Waals surface area contributed by atoms with E-state index in [0.717, 1.165) is 16.1 Å². The molecule has 1 aliphatic rings. The molecular formula is C16H14N2O2S. The molecule has 5 heteroatoms. The summed E-state index contributed by atoms with van der Waals surface area (Å²) in [6.07, 6.45) is 0.133. The highest BCUT2D eigenvalue weighted by atomic mass is 32.2. The number of methoxy groups -OCH3 is 1. The molecular weight excluding hydrogens is 284 g/mol. The first-order valence-corrected chi connectivity index (χ1v) is 7.34. The van der Waals surface area contributed by atoms with Gasteiger partial charge in [-0.25, -0.2) is 9.79 Å². The quantitative estimate of drug-likeness (QED) is 0.918. The Labute approximate surface area is 127 Å². The summed E-state index contributed by atoms with van der Waals surface area (Å²) in [5.74, 6) is 0.624. The summed E-state index contributed by atoms with van der Waals surface area (Å²) in [5.41, 5.74) is 2.01. The van der Waals surface area contributed by atoms with Gasteiger partial charge < -0.3 is 4.74 Å². The number of fused-ring (bicyclic) bond motifs is 1. The monoisotopic (exact) mass is 298 g/mol. The van der Waals surface area contributed by atoms with Crippen LogP contribution in [0, 0.1) is 0 Å². The van der Waals surface area contributed by atoms with Crippen molar-refractivity contribution in [3.63, 3.8) is 0 Å². The summed E-state index contributed by atoms with van der Waals surface area (Å²) in [4.78, 5) is 18.0. The second-order valence-corrected chi connectivity index (χ2v) is 5.70. The molecule has 3 rings (SSSR count). The standard InChI is InChI=1S/C16H14N2O2S/c1-20-16(19)18-15-10-11-9-13(7-8-14(11)17-15)21-12-5-3-2-4-6-12/h2-9H,10H2,1H3,(H,17,18,19). The van der Waals surface area contributed by atoms with Crippen molar-refractivity contribution in [3.8, 4) is 0 Å². The predicted molar refractivity (Wildman–Crippen MR) is 83.3 cm³/mol. The Morgan fingerprint density at radius 1 is 1.19 bits per heavy atom. The van der Waals surface area contributed by atoms with Gasteiger partial charge in [-0.3, -0.25) is 5.32 Å². The Hall–Kier alpha value is -2.27. The van der Waals surface area contributed by atoms with E-state index in [1.807, 2.05) is 30.3 Å². The van der Waals surface area contributed by atoms with Crippen molar-refractivity contribution in [3.05, 3.63) is 54.1 Å². The topological polar surface area (TPSA) is 50.7 Å². The van der Waals surface area contributed by atoms with Crippen LogP contribution in [0.3, 0.4) is 0 Å². The number of hydrogen-bond donors (Lipinski definition) is 1. The number of alkyl carbamates (subject to hydrolysis) is 1. The number of nitrogens with one attached hydrogen (secondary N) is 1. The third-order valence-corrected chi connectivity index (χ3v) is 4.07. The van der Waals surface area contributed by atoms with E-state index in [2.05, 4.69) is 33.2 Å². The van der Waals surface area contributed by atoms with E-state index >= 15 is 0 Å². The van der Waals surface area contributed by atoms with E-state index in [1.54, 1.807) is 11.8 Å². The summed E-state index contributed by atoms with van der Waals surface area (Å²) in [7, 11) is 1.34. The average Bonchev–Trinajstić information content (AvgIpc) is 2.89. The van der Waals surface area contributed by atoms with Gasteiger partial charge in [0.15, 0.2) is 0 Å². The Morgan fingerprint density at radius 2 is 2.00 bits per heavy atom. The van der Waals surface area contributed by atoms with Crippen LogP contribution in [-0.2, 0) is 11.2 Å². The summed E-state index contributed by atoms with van der Waals surface area (Å²) >= 11 is 1.71. The molecule has 0 spiro atoms. The number of aliphatic imine (C=N–C) groups is 1. The van der Waals surface area contributed by atoms with Gasteiger partial charge in [-0.2, -0.15) is 0 Å². The fraction of sp³-hybridized carbons (Fsp3) is 0.125. The van der Waals surface area contributed by atoms with E-state index in [1.165, 1.54) is 12.0 Å². The zero-order chi connectivity index (χ0) is 14.7. The molecule has 0 aromatic heterocycles. The molecule has 0 radical (unpaired) electrons. The Morgan fingerprint density at radius 3 is 2.76 bits per heavy atom. The number of nitrogens with zero attached hydrogens (tertiary/aromatic N) is 1. The number of amides is 1. The van der Waals surface area contributed by atoms with Gasteiger partial charge in [0.2, 0.25) is 0 Å². The van der Waals surface area contributed by atoms with Gasteiger partial charge in [0, 0.05) is 16.2 Å². The maximum Gasteiger partial charge on any atom is 0.412 e. The van der Waals surface area contributed by atoms with Crippen molar-refractivity contribution in [2.75, 3.05) is 7.11 Å². The fourth-order valence-electron chi connectivity index (χ4n) is 2.11. The number of rotatable bonds is 2. The first kappa shape index (κ1) is 13.7. The van der Waals surface area contributed by atoms with Crippen LogP contribution in [0.1, 0.15) is 5.56 Å². The van der Waals surface area contributed by atoms with E-state index in [-0.39, 0.29) is 0 Å². The van der Waals surface area contributed by atoms with Crippen LogP contribution >= 0.6 is 11.8 Å². The third kappa shape index (κ3) is 3.25. The second kappa shape index (κ2) is 6.01. The van der Waals surface area contributed by atoms with Crippen molar-refractivity contribution in [1.29, 1.82) is 0 Å². The van der Waals surface area contributed by atoms with Crippen molar-refractivity contribution >= 4 is 29.4 Å². The van der Waals surface area contributed by atoms with Crippen LogP contribution in [0.4, 0.5) is 10.5 Å². The van der Waals surface area contributed by atoms with Crippen LogP contribution in [0.5, 0.6) is 0 Å². The molecule has 1 heterocycles. The third-order valence-electron chi connectivity index (χ3n) is 3.07. The van der Waals surface area contributed by atoms with Gasteiger partial charge in [-0.15, -0.1) is 0 Å². The minimum atomic E-state index is -0.486. The second-order valence-electron chi connectivity index (χ2n) is 4.56. The van der Waals surface area contributed by atoms with Crippen molar-refractivity contribution in [2.24, 2.45) is 4.99 Å². The van der Waals surface area contributed by atoms with Gasteiger partial charge in [-0.05, 0) is 35.9 Å². The van der Waals surface area contributed by atoms with Crippen molar-refractivity contribution < 1.29 is 9.53 Å². The maximum absolute atomic E-state index is 11.2. The molecule has 1 aliphatic heterocycles. The zero-order valence-electron chi connectivity index (χ0n) is 11.5. The molecule has 106 valence electrons. The number of benzene rings is 2. The molecule has 2 aromatic rings. The highest BCUT2D eigenvalue weighted by molar-refractivity contribution is 7.99. The van der Waals surface area contributed by atoms with E-state index in [4.69, 9.17) is 0 Å². The largest absolute Gasteiger partial charge is 0.453 e. The average molecular weight is 298 g/mol. The van der Waals surface area contributed by atoms with E-state index in [9.17, 15) is 4.79 Å². The number of amidine groups is 1. The highest BCUT2D eigenvalue weighted by Gasteiger charge is 2.17. The Balaban J connectivity index is 1.73. The lowest BCUT2D eigenvalue weighted by molar-refractivity contribution is 0.176. The van der Waals surface area contributed by atoms with Crippen LogP contribution in [-0.4, -0.2) is 19.0 Å². The number of carbonyl (C=O) groups excluding carboxylic acids is 1. The molecule has 0 saturated heterocycles. The number of hydrogen-bond acceptors (Lipinski definition) is 4. The molecule has 0 fully saturated rings. The molecule has 2 aromatic carbocycles. The minimum Gasteiger partial charge on any atom is -0.453 e. The number of ether oxygens (including phenoxy) is 1. The van der Waals surface area contributed by atoms with Gasteiger partial charge in [-0.1, -0.05) is 30.0 Å². The molecule has 0 unspecified atom stereocenters. The highest BCUT2D eigenvalue weighted by Crippen LogP contribution is 2.33. The SMILES string of the molecule is COC(=O)NC1=Nc2ccc(Sc3ccccc3)cc2C1. The Bertz CT molecular complexity index is 699. The van der Waals surface area contributed by atoms with Gasteiger partial charge in [0.1, 0.15) is 5.84 Å². The Kier molecular flexibility index (Phi) is 3.92. The number of carbonyl (C=O) groups is 1. The van der Waals surface area contributed by atoms with Gasteiger partial charge in [0.25, 0.3) is 0 Å². The molecule has 21 heavy (non-hydrogen) atoms. The fourth-order valence-corrected chi connectivity index (χ4v) is 3.01. The summed E-state index contributed by atoms with van der Waals surface area (Å²) in [5, 5.41) is 2.63. The van der Waals surface area contributed by atoms with Crippen LogP contribution in [0.25, 0.3) is 0 Å². The zero-order valence-corrected chi connectivity index (χ0v) is 12.3. The first-order chi connectivity index (χ1) is 10.2. The molecule has 0 aliphatic carbocycles. The van der Waals surface area contributed by atoms with Gasteiger partial charge >= 0.3 is 6.09 Å². The molecule has 0 atom stereocenters. The van der Waals surface area contributed by atoms with Crippen molar-refractivity contribution in [2.45, 2.75) is 16.2 Å². The van der Waals surface area contributed by atoms with E-state index < -0.39 is 6.09 Å². The van der Waals surface area contributed by atoms with Crippen LogP contribution in [0.2, 0.25) is 0 Å². The summed E-state index contributed by atoms with van der Waals surface area (Å²) < 4.78 is 4.58. The van der Waals surface area contributed by atoms with Crippen molar-refractivity contribution in [1.82, 2.24) is 5.32 Å². The maximum atomic E-state index is 11.2. The lowest BCUT2D eigenvalue weighted by Gasteiger charge is -2.04. The minimum absolute atomic E-state index is 0.486. The van der Waals surface area contributed by atoms with Crippen LogP contribution in [0.15, 0.2) is 63.3 Å². The summed E-state index contributed by atoms with van der Waals surface area (Å²) in [6, 6.07) is 16.4. The normalized spacial score (nSPS) is 12.5. The predicted octanol–water partition coefficient (Wildman–Crippen LogP) is 3.78. The molecule has 0 saturated carbocycles. The molecule has 4 nitrogen and oxygen atoms in total. The lowest BCUT2D eigenvalue weighted by Crippen LogP contribution is -2.30. The smallest absolute Gasteiger partial charge is 0.412 e. The van der Waals surface area contributed by atoms with Gasteiger partial charge in [0.05, 0.1) is 12.8 Å².